The van der Waals surface area contributed by atoms with Crippen molar-refractivity contribution >= 4 is 24.0 Å². The van der Waals surface area contributed by atoms with Crippen molar-refractivity contribution in [2.75, 3.05) is 18.4 Å². The number of hydrogen-bond acceptors (Lipinski definition) is 4. The van der Waals surface area contributed by atoms with Crippen molar-refractivity contribution in [1.29, 1.82) is 0 Å². The first-order valence-electron chi connectivity index (χ1n) is 6.32. The number of rotatable bonds is 4. The fourth-order valence-electron chi connectivity index (χ4n) is 2.19. The lowest BCUT2D eigenvalue weighted by molar-refractivity contribution is 0.0954. The lowest BCUT2D eigenvalue weighted by atomic mass is 10.1. The number of nitrogens with one attached hydrogen (secondary N) is 3. The van der Waals surface area contributed by atoms with Crippen molar-refractivity contribution < 1.29 is 4.79 Å². The van der Waals surface area contributed by atoms with Crippen molar-refractivity contribution in [2.45, 2.75) is 12.8 Å². The Bertz CT molecular complexity index is 584. The Morgan fingerprint density at radius 1 is 1.40 bits per heavy atom. The summed E-state index contributed by atoms with van der Waals surface area (Å²) >= 11 is 0. The van der Waals surface area contributed by atoms with Crippen LogP contribution in [0.4, 0.5) is 5.69 Å². The Kier molecular flexibility index (Phi) is 4.57. The number of benzene rings is 1. The molecule has 1 aliphatic rings. The Morgan fingerprint density at radius 3 is 3.10 bits per heavy atom. The van der Waals surface area contributed by atoms with Crippen molar-refractivity contribution in [3.63, 3.8) is 0 Å². The number of carbonyl (C=O) groups is 1. The van der Waals surface area contributed by atoms with Gasteiger partial charge in [-0.1, -0.05) is 0 Å². The molecule has 7 heteroatoms. The summed E-state index contributed by atoms with van der Waals surface area (Å²) in [5.74, 6) is 0.729. The van der Waals surface area contributed by atoms with E-state index in [1.807, 2.05) is 18.2 Å². The van der Waals surface area contributed by atoms with Gasteiger partial charge in [-0.05, 0) is 30.2 Å². The Morgan fingerprint density at radius 2 is 2.30 bits per heavy atom. The van der Waals surface area contributed by atoms with Crippen LogP contribution in [0, 0.1) is 0 Å². The van der Waals surface area contributed by atoms with Gasteiger partial charge < -0.3 is 10.6 Å². The zero-order valence-corrected chi connectivity index (χ0v) is 11.7. The van der Waals surface area contributed by atoms with Gasteiger partial charge in [0, 0.05) is 30.8 Å². The van der Waals surface area contributed by atoms with Gasteiger partial charge in [-0.2, -0.15) is 5.10 Å². The fourth-order valence-corrected chi connectivity index (χ4v) is 2.19. The van der Waals surface area contributed by atoms with Crippen molar-refractivity contribution in [2.24, 2.45) is 0 Å². The molecule has 0 radical (unpaired) electrons. The lowest BCUT2D eigenvalue weighted by Crippen LogP contribution is -2.26. The maximum atomic E-state index is 12.0. The van der Waals surface area contributed by atoms with Crippen LogP contribution in [0.5, 0.6) is 0 Å². The smallest absolute Gasteiger partial charge is 0.251 e. The molecule has 1 aromatic heterocycles. The fraction of sp³-hybridized carbons (Fsp3) is 0.308. The topological polar surface area (TPSA) is 82.7 Å². The third kappa shape index (κ3) is 3.08. The number of halogens is 1. The molecule has 20 heavy (non-hydrogen) atoms. The maximum absolute atomic E-state index is 12.0. The molecule has 2 heterocycles. The van der Waals surface area contributed by atoms with E-state index >= 15 is 0 Å². The summed E-state index contributed by atoms with van der Waals surface area (Å²) in [6, 6.07) is 5.77. The monoisotopic (exact) mass is 293 g/mol. The van der Waals surface area contributed by atoms with Crippen molar-refractivity contribution in [3.8, 4) is 0 Å². The summed E-state index contributed by atoms with van der Waals surface area (Å²) in [5, 5.41) is 12.7. The van der Waals surface area contributed by atoms with E-state index in [-0.39, 0.29) is 18.3 Å². The molecule has 1 aliphatic heterocycles. The molecule has 0 spiro atoms. The first-order valence-corrected chi connectivity index (χ1v) is 6.32. The molecule has 3 rings (SSSR count). The van der Waals surface area contributed by atoms with E-state index in [9.17, 15) is 4.79 Å². The summed E-state index contributed by atoms with van der Waals surface area (Å²) in [6.07, 6.45) is 3.09. The van der Waals surface area contributed by atoms with Crippen LogP contribution < -0.4 is 10.6 Å². The minimum atomic E-state index is -0.0470. The molecule has 0 fully saturated rings. The molecule has 2 aromatic rings. The van der Waals surface area contributed by atoms with Crippen LogP contribution in [0.3, 0.4) is 0 Å². The highest BCUT2D eigenvalue weighted by atomic mass is 35.5. The molecule has 0 saturated heterocycles. The highest BCUT2D eigenvalue weighted by Gasteiger charge is 2.13. The molecule has 0 unspecified atom stereocenters. The molecule has 3 N–H and O–H groups in total. The molecule has 0 atom stereocenters. The first kappa shape index (κ1) is 14.3. The van der Waals surface area contributed by atoms with Gasteiger partial charge in [0.25, 0.3) is 5.91 Å². The second kappa shape index (κ2) is 6.38. The van der Waals surface area contributed by atoms with Crippen LogP contribution in [0.1, 0.15) is 21.7 Å². The van der Waals surface area contributed by atoms with Crippen molar-refractivity contribution in [1.82, 2.24) is 20.5 Å². The number of anilines is 1. The first-order chi connectivity index (χ1) is 9.33. The second-order valence-electron chi connectivity index (χ2n) is 4.49. The third-order valence-electron chi connectivity index (χ3n) is 3.19. The predicted octanol–water partition coefficient (Wildman–Crippen LogP) is 1.17. The van der Waals surface area contributed by atoms with Gasteiger partial charge >= 0.3 is 0 Å². The van der Waals surface area contributed by atoms with Crippen LogP contribution in [0.15, 0.2) is 24.5 Å². The SMILES string of the molecule is Cl.O=C(NCCc1ncn[nH]1)c1ccc2c(c1)CCN2. The largest absolute Gasteiger partial charge is 0.384 e. The van der Waals surface area contributed by atoms with Crippen LogP contribution in [0.2, 0.25) is 0 Å². The molecule has 0 aliphatic carbocycles. The highest BCUT2D eigenvalue weighted by Crippen LogP contribution is 2.22. The molecular formula is C13H16ClN5O. The average molecular weight is 294 g/mol. The van der Waals surface area contributed by atoms with Gasteiger partial charge in [0.15, 0.2) is 0 Å². The standard InChI is InChI=1S/C13H15N5O.ClH/c19-13(15-6-4-12-16-8-17-18-12)10-1-2-11-9(7-10)3-5-14-11;/h1-2,7-8,14H,3-6H2,(H,15,19)(H,16,17,18);1H. The Labute approximate surface area is 122 Å². The van der Waals surface area contributed by atoms with E-state index in [1.165, 1.54) is 11.9 Å². The van der Waals surface area contributed by atoms with E-state index in [2.05, 4.69) is 25.8 Å². The highest BCUT2D eigenvalue weighted by molar-refractivity contribution is 5.95. The summed E-state index contributed by atoms with van der Waals surface area (Å²) in [6.45, 7) is 1.50. The number of hydrogen-bond donors (Lipinski definition) is 3. The van der Waals surface area contributed by atoms with Crippen LogP contribution in [0.25, 0.3) is 0 Å². The van der Waals surface area contributed by atoms with Crippen molar-refractivity contribution in [3.05, 3.63) is 41.5 Å². The number of fused-ring (bicyclic) bond motifs is 1. The molecule has 0 saturated carbocycles. The number of nitrogens with zero attached hydrogens (tertiary/aromatic N) is 2. The quantitative estimate of drug-likeness (QED) is 0.790. The molecule has 0 bridgehead atoms. The van der Waals surface area contributed by atoms with E-state index in [1.54, 1.807) is 0 Å². The summed E-state index contributed by atoms with van der Waals surface area (Å²) < 4.78 is 0. The summed E-state index contributed by atoms with van der Waals surface area (Å²) in [7, 11) is 0. The van der Waals surface area contributed by atoms with Gasteiger partial charge in [-0.25, -0.2) is 4.98 Å². The minimum absolute atomic E-state index is 0. The zero-order chi connectivity index (χ0) is 13.1. The number of aromatic nitrogens is 3. The molecule has 6 nitrogen and oxygen atoms in total. The van der Waals surface area contributed by atoms with E-state index in [4.69, 9.17) is 0 Å². The number of amides is 1. The number of aromatic amines is 1. The lowest BCUT2D eigenvalue weighted by Gasteiger charge is -2.06. The molecule has 106 valence electrons. The second-order valence-corrected chi connectivity index (χ2v) is 4.49. The van der Waals surface area contributed by atoms with E-state index in [0.717, 1.165) is 24.5 Å². The summed E-state index contributed by atoms with van der Waals surface area (Å²) in [4.78, 5) is 16.0. The normalized spacial score (nSPS) is 12.2. The molecule has 1 amide bonds. The molecular weight excluding hydrogens is 278 g/mol. The number of carbonyl (C=O) groups excluding carboxylic acids is 1. The van der Waals surface area contributed by atoms with Crippen LogP contribution in [-0.2, 0) is 12.8 Å². The minimum Gasteiger partial charge on any atom is -0.384 e. The van der Waals surface area contributed by atoms with E-state index in [0.29, 0.717) is 18.5 Å². The van der Waals surface area contributed by atoms with Gasteiger partial charge in [-0.3, -0.25) is 9.89 Å². The van der Waals surface area contributed by atoms with Crippen LogP contribution in [-0.4, -0.2) is 34.2 Å². The van der Waals surface area contributed by atoms with Gasteiger partial charge in [0.2, 0.25) is 0 Å². The predicted molar refractivity (Wildman–Crippen MR) is 78.3 cm³/mol. The van der Waals surface area contributed by atoms with Gasteiger partial charge in [0.1, 0.15) is 12.2 Å². The maximum Gasteiger partial charge on any atom is 0.251 e. The third-order valence-corrected chi connectivity index (χ3v) is 3.19. The van der Waals surface area contributed by atoms with Crippen LogP contribution >= 0.6 is 12.4 Å². The Hall–Kier alpha value is -2.08. The van der Waals surface area contributed by atoms with Gasteiger partial charge in [-0.15, -0.1) is 12.4 Å². The van der Waals surface area contributed by atoms with Gasteiger partial charge in [0.05, 0.1) is 0 Å². The number of H-pyrrole nitrogens is 1. The molecule has 1 aromatic carbocycles. The zero-order valence-electron chi connectivity index (χ0n) is 10.8. The van der Waals surface area contributed by atoms with E-state index < -0.39 is 0 Å². The Balaban J connectivity index is 0.00000147. The summed E-state index contributed by atoms with van der Waals surface area (Å²) in [5.41, 5.74) is 3.06. The average Bonchev–Trinajstić information content (AvgIpc) is 3.08.